The Bertz CT molecular complexity index is 384. The summed E-state index contributed by atoms with van der Waals surface area (Å²) in [5.74, 6) is 1.17. The summed E-state index contributed by atoms with van der Waals surface area (Å²) in [7, 11) is 0. The minimum atomic E-state index is -0.143. The molecule has 1 aromatic carbocycles. The van der Waals surface area contributed by atoms with Gasteiger partial charge in [-0.15, -0.1) is 0 Å². The van der Waals surface area contributed by atoms with Gasteiger partial charge in [0, 0.05) is 31.4 Å². The van der Waals surface area contributed by atoms with Gasteiger partial charge in [-0.3, -0.25) is 4.90 Å². The molecule has 100 valence electrons. The first kappa shape index (κ1) is 13.2. The number of benzene rings is 1. The van der Waals surface area contributed by atoms with Gasteiger partial charge in [0.2, 0.25) is 0 Å². The smallest absolute Gasteiger partial charge is 0.121 e. The van der Waals surface area contributed by atoms with Crippen LogP contribution in [0.1, 0.15) is 13.3 Å². The second kappa shape index (κ2) is 6.07. The van der Waals surface area contributed by atoms with Crippen LogP contribution >= 0.6 is 0 Å². The van der Waals surface area contributed by atoms with Crippen LogP contribution < -0.4 is 10.5 Å². The molecule has 4 heteroatoms. The molecule has 2 atom stereocenters. The number of nitrogen functional groups attached to an aromatic ring is 1. The van der Waals surface area contributed by atoms with Crippen molar-refractivity contribution in [1.82, 2.24) is 4.90 Å². The summed E-state index contributed by atoms with van der Waals surface area (Å²) in [5.41, 5.74) is 6.41. The van der Waals surface area contributed by atoms with Crippen LogP contribution in [-0.4, -0.2) is 42.4 Å². The molecule has 4 nitrogen and oxygen atoms in total. The zero-order valence-electron chi connectivity index (χ0n) is 10.9. The van der Waals surface area contributed by atoms with Crippen LogP contribution in [0.3, 0.4) is 0 Å². The second-order valence-electron chi connectivity index (χ2n) is 5.05. The summed E-state index contributed by atoms with van der Waals surface area (Å²) in [6.07, 6.45) is 0.718. The van der Waals surface area contributed by atoms with Crippen LogP contribution in [0.25, 0.3) is 0 Å². The van der Waals surface area contributed by atoms with E-state index in [9.17, 15) is 5.11 Å². The van der Waals surface area contributed by atoms with E-state index in [1.165, 1.54) is 0 Å². The topological polar surface area (TPSA) is 58.7 Å². The molecule has 0 spiro atoms. The molecule has 1 aliphatic rings. The maximum Gasteiger partial charge on any atom is 0.121 e. The van der Waals surface area contributed by atoms with Gasteiger partial charge in [-0.05, 0) is 24.5 Å². The fraction of sp³-hybridized carbons (Fsp3) is 0.571. The van der Waals surface area contributed by atoms with Gasteiger partial charge in [0.15, 0.2) is 0 Å². The first-order valence-corrected chi connectivity index (χ1v) is 6.54. The molecule has 1 saturated heterocycles. The van der Waals surface area contributed by atoms with E-state index in [4.69, 9.17) is 10.5 Å². The Morgan fingerprint density at radius 1 is 1.50 bits per heavy atom. The molecule has 0 bridgehead atoms. The number of anilines is 1. The van der Waals surface area contributed by atoms with E-state index < -0.39 is 0 Å². The third-order valence-corrected chi connectivity index (χ3v) is 3.48. The van der Waals surface area contributed by atoms with E-state index in [-0.39, 0.29) is 6.10 Å². The zero-order valence-corrected chi connectivity index (χ0v) is 10.9. The number of likely N-dealkylation sites (tertiary alicyclic amines) is 1. The molecule has 1 heterocycles. The highest BCUT2D eigenvalue weighted by Gasteiger charge is 2.23. The van der Waals surface area contributed by atoms with E-state index in [2.05, 4.69) is 11.8 Å². The van der Waals surface area contributed by atoms with Gasteiger partial charge < -0.3 is 15.6 Å². The molecule has 0 amide bonds. The van der Waals surface area contributed by atoms with Gasteiger partial charge in [-0.1, -0.05) is 13.0 Å². The fourth-order valence-electron chi connectivity index (χ4n) is 2.32. The molecule has 1 aromatic rings. The van der Waals surface area contributed by atoms with Gasteiger partial charge >= 0.3 is 0 Å². The highest BCUT2D eigenvalue weighted by molar-refractivity contribution is 5.43. The number of aliphatic hydroxyl groups is 1. The first-order chi connectivity index (χ1) is 8.65. The average Bonchev–Trinajstić information content (AvgIpc) is 2.34. The van der Waals surface area contributed by atoms with E-state index in [1.807, 2.05) is 24.3 Å². The van der Waals surface area contributed by atoms with Crippen molar-refractivity contribution in [2.24, 2.45) is 5.92 Å². The van der Waals surface area contributed by atoms with Crippen molar-refractivity contribution in [2.45, 2.75) is 19.4 Å². The van der Waals surface area contributed by atoms with Crippen LogP contribution in [0.4, 0.5) is 5.69 Å². The number of nitrogens with two attached hydrogens (primary N) is 1. The summed E-state index contributed by atoms with van der Waals surface area (Å²) >= 11 is 0. The van der Waals surface area contributed by atoms with Crippen LogP contribution in [0.5, 0.6) is 5.75 Å². The molecular formula is C14H22N2O2. The highest BCUT2D eigenvalue weighted by atomic mass is 16.5. The Labute approximate surface area is 108 Å². The molecule has 2 rings (SSSR count). The molecular weight excluding hydrogens is 228 g/mol. The molecule has 0 aromatic heterocycles. The quantitative estimate of drug-likeness (QED) is 0.792. The Hall–Kier alpha value is -1.26. The number of aliphatic hydroxyl groups excluding tert-OH is 1. The van der Waals surface area contributed by atoms with E-state index in [0.717, 1.165) is 37.5 Å². The Kier molecular flexibility index (Phi) is 4.44. The largest absolute Gasteiger partial charge is 0.492 e. The number of ether oxygens (including phenoxy) is 1. The SMILES string of the molecule is CC1CN(CCOc2cccc(N)c2)CCC1O. The lowest BCUT2D eigenvalue weighted by Crippen LogP contribution is -2.43. The molecule has 0 aliphatic carbocycles. The lowest BCUT2D eigenvalue weighted by Gasteiger charge is -2.34. The summed E-state index contributed by atoms with van der Waals surface area (Å²) in [6.45, 7) is 5.54. The van der Waals surface area contributed by atoms with E-state index in [0.29, 0.717) is 12.5 Å². The maximum atomic E-state index is 9.66. The Balaban J connectivity index is 1.72. The summed E-state index contributed by atoms with van der Waals surface area (Å²) in [6, 6.07) is 7.49. The van der Waals surface area contributed by atoms with Gasteiger partial charge in [-0.25, -0.2) is 0 Å². The van der Waals surface area contributed by atoms with Crippen molar-refractivity contribution in [3.8, 4) is 5.75 Å². The average molecular weight is 250 g/mol. The van der Waals surface area contributed by atoms with E-state index in [1.54, 1.807) is 0 Å². The third kappa shape index (κ3) is 3.62. The number of nitrogens with zero attached hydrogens (tertiary/aromatic N) is 1. The Morgan fingerprint density at radius 2 is 2.33 bits per heavy atom. The molecule has 2 unspecified atom stereocenters. The van der Waals surface area contributed by atoms with Crippen molar-refractivity contribution >= 4 is 5.69 Å². The molecule has 3 N–H and O–H groups in total. The lowest BCUT2D eigenvalue weighted by atomic mass is 9.97. The van der Waals surface area contributed by atoms with Crippen LogP contribution in [0.15, 0.2) is 24.3 Å². The minimum Gasteiger partial charge on any atom is -0.492 e. The van der Waals surface area contributed by atoms with Crippen molar-refractivity contribution < 1.29 is 9.84 Å². The first-order valence-electron chi connectivity index (χ1n) is 6.54. The summed E-state index contributed by atoms with van der Waals surface area (Å²) in [4.78, 5) is 2.34. The molecule has 18 heavy (non-hydrogen) atoms. The summed E-state index contributed by atoms with van der Waals surface area (Å²) in [5, 5.41) is 9.66. The van der Waals surface area contributed by atoms with Crippen molar-refractivity contribution in [1.29, 1.82) is 0 Å². The Morgan fingerprint density at radius 3 is 3.06 bits per heavy atom. The predicted octanol–water partition coefficient (Wildman–Crippen LogP) is 1.35. The third-order valence-electron chi connectivity index (χ3n) is 3.48. The maximum absolute atomic E-state index is 9.66. The normalized spacial score (nSPS) is 25.0. The van der Waals surface area contributed by atoms with Crippen molar-refractivity contribution in [2.75, 3.05) is 32.0 Å². The molecule has 1 aliphatic heterocycles. The fourth-order valence-corrected chi connectivity index (χ4v) is 2.32. The van der Waals surface area contributed by atoms with Gasteiger partial charge in [0.05, 0.1) is 6.10 Å². The number of hydrogen-bond donors (Lipinski definition) is 2. The standard InChI is InChI=1S/C14H22N2O2/c1-11-10-16(6-5-14(11)17)7-8-18-13-4-2-3-12(15)9-13/h2-4,9,11,14,17H,5-8,10,15H2,1H3. The van der Waals surface area contributed by atoms with Gasteiger partial charge in [-0.2, -0.15) is 0 Å². The zero-order chi connectivity index (χ0) is 13.0. The minimum absolute atomic E-state index is 0.143. The number of piperidine rings is 1. The summed E-state index contributed by atoms with van der Waals surface area (Å²) < 4.78 is 5.67. The monoisotopic (exact) mass is 250 g/mol. The van der Waals surface area contributed by atoms with Gasteiger partial charge in [0.1, 0.15) is 12.4 Å². The number of rotatable bonds is 4. The molecule has 0 saturated carbocycles. The predicted molar refractivity (Wildman–Crippen MR) is 72.6 cm³/mol. The van der Waals surface area contributed by atoms with E-state index >= 15 is 0 Å². The van der Waals surface area contributed by atoms with Crippen LogP contribution in [0, 0.1) is 5.92 Å². The van der Waals surface area contributed by atoms with Crippen molar-refractivity contribution in [3.63, 3.8) is 0 Å². The van der Waals surface area contributed by atoms with Crippen LogP contribution in [0.2, 0.25) is 0 Å². The van der Waals surface area contributed by atoms with Crippen LogP contribution in [-0.2, 0) is 0 Å². The van der Waals surface area contributed by atoms with Crippen molar-refractivity contribution in [3.05, 3.63) is 24.3 Å². The molecule has 1 fully saturated rings. The second-order valence-corrected chi connectivity index (χ2v) is 5.05. The lowest BCUT2D eigenvalue weighted by molar-refractivity contribution is 0.0304. The highest BCUT2D eigenvalue weighted by Crippen LogP contribution is 2.17. The molecule has 0 radical (unpaired) electrons. The van der Waals surface area contributed by atoms with Gasteiger partial charge in [0.25, 0.3) is 0 Å². The number of hydrogen-bond acceptors (Lipinski definition) is 4.